The van der Waals surface area contributed by atoms with Gasteiger partial charge in [0.25, 0.3) is 10.0 Å². The molecular weight excluding hydrogens is 616 g/mol. The van der Waals surface area contributed by atoms with Crippen LogP contribution in [0.2, 0.25) is 10.0 Å². The summed E-state index contributed by atoms with van der Waals surface area (Å²) in [6, 6.07) is 14.4. The molecule has 1 aliphatic carbocycles. The fourth-order valence-corrected chi connectivity index (χ4v) is 6.95. The van der Waals surface area contributed by atoms with Gasteiger partial charge in [-0.1, -0.05) is 48.5 Å². The van der Waals surface area contributed by atoms with Crippen LogP contribution in [0.4, 0.5) is 10.1 Å². The summed E-state index contributed by atoms with van der Waals surface area (Å²) in [5.41, 5.74) is 0.489. The van der Waals surface area contributed by atoms with Crippen molar-refractivity contribution in [3.8, 4) is 5.75 Å². The molecule has 230 valence electrons. The average molecular weight is 651 g/mol. The molecule has 1 unspecified atom stereocenters. The van der Waals surface area contributed by atoms with Gasteiger partial charge in [0.1, 0.15) is 24.2 Å². The highest BCUT2D eigenvalue weighted by Crippen LogP contribution is 2.29. The van der Waals surface area contributed by atoms with E-state index >= 15 is 0 Å². The molecule has 3 aromatic rings. The highest BCUT2D eigenvalue weighted by molar-refractivity contribution is 7.92. The van der Waals surface area contributed by atoms with E-state index in [4.69, 9.17) is 27.9 Å². The number of nitrogens with one attached hydrogen (secondary N) is 1. The van der Waals surface area contributed by atoms with E-state index in [0.29, 0.717) is 21.4 Å². The second-order valence-corrected chi connectivity index (χ2v) is 13.1. The molecule has 1 saturated carbocycles. The van der Waals surface area contributed by atoms with Crippen molar-refractivity contribution in [2.24, 2.45) is 0 Å². The summed E-state index contributed by atoms with van der Waals surface area (Å²) in [6.45, 7) is 0.764. The lowest BCUT2D eigenvalue weighted by Crippen LogP contribution is -2.53. The van der Waals surface area contributed by atoms with Crippen LogP contribution in [0.15, 0.2) is 71.6 Å². The van der Waals surface area contributed by atoms with Crippen LogP contribution in [0, 0.1) is 5.82 Å². The fraction of sp³-hybridized carbons (Fsp3) is 0.355. The van der Waals surface area contributed by atoms with Crippen LogP contribution in [0.5, 0.6) is 5.75 Å². The number of sulfonamides is 1. The van der Waals surface area contributed by atoms with Crippen molar-refractivity contribution in [3.63, 3.8) is 0 Å². The highest BCUT2D eigenvalue weighted by Gasteiger charge is 2.34. The lowest BCUT2D eigenvalue weighted by molar-refractivity contribution is -0.139. The van der Waals surface area contributed by atoms with E-state index in [-0.39, 0.29) is 29.1 Å². The molecule has 8 nitrogen and oxygen atoms in total. The first-order chi connectivity index (χ1) is 20.5. The van der Waals surface area contributed by atoms with Gasteiger partial charge < -0.3 is 15.0 Å². The summed E-state index contributed by atoms with van der Waals surface area (Å²) in [5, 5.41) is 3.64. The van der Waals surface area contributed by atoms with E-state index in [0.717, 1.165) is 48.5 Å². The number of methoxy groups -OCH3 is 1. The zero-order chi connectivity index (χ0) is 31.1. The molecule has 0 spiro atoms. The second kappa shape index (κ2) is 14.4. The zero-order valence-corrected chi connectivity index (χ0v) is 26.3. The fourth-order valence-electron chi connectivity index (χ4n) is 5.02. The van der Waals surface area contributed by atoms with Crippen LogP contribution < -0.4 is 14.4 Å². The number of hydrogen-bond acceptors (Lipinski definition) is 5. The van der Waals surface area contributed by atoms with Crippen molar-refractivity contribution in [1.29, 1.82) is 0 Å². The summed E-state index contributed by atoms with van der Waals surface area (Å²) < 4.78 is 47.7. The predicted octanol–water partition coefficient (Wildman–Crippen LogP) is 6.20. The zero-order valence-electron chi connectivity index (χ0n) is 23.9. The first-order valence-corrected chi connectivity index (χ1v) is 16.2. The number of anilines is 1. The maximum Gasteiger partial charge on any atom is 0.264 e. The quantitative estimate of drug-likeness (QED) is 0.267. The Morgan fingerprint density at radius 2 is 1.58 bits per heavy atom. The molecule has 4 rings (SSSR count). The molecule has 3 aromatic carbocycles. The van der Waals surface area contributed by atoms with Gasteiger partial charge >= 0.3 is 0 Å². The number of carbonyl (C=O) groups excluding carboxylic acids is 2. The summed E-state index contributed by atoms with van der Waals surface area (Å²) in [5.74, 6) is -1.16. The molecule has 0 radical (unpaired) electrons. The van der Waals surface area contributed by atoms with Gasteiger partial charge in [-0.25, -0.2) is 12.8 Å². The first kappa shape index (κ1) is 32.6. The molecule has 1 N–H and O–H groups in total. The van der Waals surface area contributed by atoms with Gasteiger partial charge in [-0.05, 0) is 80.4 Å². The molecule has 43 heavy (non-hydrogen) atoms. The lowest BCUT2D eigenvalue weighted by Gasteiger charge is -2.33. The maximum absolute atomic E-state index is 14.1. The molecule has 12 heteroatoms. The normalized spacial score (nSPS) is 14.5. The Labute approximate surface area is 261 Å². The first-order valence-electron chi connectivity index (χ1n) is 14.0. The summed E-state index contributed by atoms with van der Waals surface area (Å²) >= 11 is 12.9. The van der Waals surface area contributed by atoms with Crippen LogP contribution in [0.25, 0.3) is 0 Å². The van der Waals surface area contributed by atoms with Crippen LogP contribution in [-0.4, -0.2) is 50.9 Å². The molecule has 0 saturated heterocycles. The summed E-state index contributed by atoms with van der Waals surface area (Å²) in [6.07, 6.45) is 4.82. The van der Waals surface area contributed by atoms with Crippen molar-refractivity contribution in [3.05, 3.63) is 88.2 Å². The van der Waals surface area contributed by atoms with Gasteiger partial charge in [0.15, 0.2) is 0 Å². The highest BCUT2D eigenvalue weighted by atomic mass is 35.5. The molecular formula is C31H34Cl2FN3O5S. The minimum Gasteiger partial charge on any atom is -0.497 e. The molecule has 0 aromatic heterocycles. The predicted molar refractivity (Wildman–Crippen MR) is 165 cm³/mol. The van der Waals surface area contributed by atoms with Gasteiger partial charge in [-0.15, -0.1) is 0 Å². The van der Waals surface area contributed by atoms with Crippen molar-refractivity contribution in [2.75, 3.05) is 18.0 Å². The molecule has 1 atom stereocenters. The Hall–Kier alpha value is -3.34. The van der Waals surface area contributed by atoms with E-state index in [1.807, 2.05) is 0 Å². The minimum atomic E-state index is -4.32. The topological polar surface area (TPSA) is 96.0 Å². The number of ether oxygens (including phenoxy) is 1. The number of rotatable bonds is 11. The molecule has 0 heterocycles. The third-order valence-electron chi connectivity index (χ3n) is 7.55. The maximum atomic E-state index is 14.1. The summed E-state index contributed by atoms with van der Waals surface area (Å²) in [7, 11) is -2.87. The monoisotopic (exact) mass is 649 g/mol. The number of benzene rings is 3. The summed E-state index contributed by atoms with van der Waals surface area (Å²) in [4.78, 5) is 28.7. The number of carbonyl (C=O) groups is 2. The van der Waals surface area contributed by atoms with E-state index in [1.54, 1.807) is 25.1 Å². The third kappa shape index (κ3) is 7.99. The van der Waals surface area contributed by atoms with E-state index < -0.39 is 34.3 Å². The Morgan fingerprint density at radius 3 is 2.16 bits per heavy atom. The molecule has 2 amide bonds. The average Bonchev–Trinajstić information content (AvgIpc) is 3.00. The minimum absolute atomic E-state index is 0.00397. The van der Waals surface area contributed by atoms with Crippen LogP contribution in [0.1, 0.15) is 44.6 Å². The molecule has 0 aliphatic heterocycles. The number of halogens is 3. The Balaban J connectivity index is 1.70. The van der Waals surface area contributed by atoms with Gasteiger partial charge in [-0.3, -0.25) is 13.9 Å². The van der Waals surface area contributed by atoms with Gasteiger partial charge in [0, 0.05) is 28.2 Å². The van der Waals surface area contributed by atoms with Crippen molar-refractivity contribution < 1.29 is 27.1 Å². The van der Waals surface area contributed by atoms with Gasteiger partial charge in [0.05, 0.1) is 17.7 Å². The number of hydrogen-bond donors (Lipinski definition) is 1. The largest absolute Gasteiger partial charge is 0.497 e. The molecule has 1 fully saturated rings. The molecule has 1 aliphatic rings. The van der Waals surface area contributed by atoms with E-state index in [1.165, 1.54) is 48.4 Å². The third-order valence-corrected chi connectivity index (χ3v) is 10.0. The molecule has 0 bridgehead atoms. The van der Waals surface area contributed by atoms with E-state index in [9.17, 15) is 22.4 Å². The van der Waals surface area contributed by atoms with Gasteiger partial charge in [-0.2, -0.15) is 0 Å². The SMILES string of the molecule is COc1ccc(S(=O)(=O)N(CC(=O)N(Cc2c(Cl)cccc2Cl)C(C)C(=O)NC2CCCCC2)c2ccc(F)cc2)cc1. The van der Waals surface area contributed by atoms with E-state index in [2.05, 4.69) is 5.32 Å². The Morgan fingerprint density at radius 1 is 0.977 bits per heavy atom. The van der Waals surface area contributed by atoms with Crippen LogP contribution in [-0.2, 0) is 26.2 Å². The Kier molecular flexibility index (Phi) is 10.9. The number of nitrogens with zero attached hydrogens (tertiary/aromatic N) is 2. The number of amides is 2. The smallest absolute Gasteiger partial charge is 0.264 e. The lowest BCUT2D eigenvalue weighted by atomic mass is 9.95. The van der Waals surface area contributed by atoms with Crippen LogP contribution in [0.3, 0.4) is 0 Å². The second-order valence-electron chi connectivity index (χ2n) is 10.4. The van der Waals surface area contributed by atoms with Crippen molar-refractivity contribution >= 4 is 50.7 Å². The van der Waals surface area contributed by atoms with Crippen molar-refractivity contribution in [1.82, 2.24) is 10.2 Å². The van der Waals surface area contributed by atoms with Crippen molar-refractivity contribution in [2.45, 2.75) is 62.6 Å². The van der Waals surface area contributed by atoms with Gasteiger partial charge in [0.2, 0.25) is 11.8 Å². The van der Waals surface area contributed by atoms with Crippen LogP contribution >= 0.6 is 23.2 Å². The standard InChI is InChI=1S/C31H34Cl2FN3O5S/c1-21(31(39)35-23-7-4-3-5-8-23)36(19-27-28(32)9-6-10-29(27)33)30(38)20-37(24-13-11-22(34)12-14-24)43(40,41)26-17-15-25(42-2)16-18-26/h6,9-18,21,23H,3-5,7-8,19-20H2,1-2H3,(H,35,39). The Bertz CT molecular complexity index is 1510.